The lowest BCUT2D eigenvalue weighted by molar-refractivity contribution is -0.116. The van der Waals surface area contributed by atoms with Crippen LogP contribution in [-0.4, -0.2) is 28.9 Å². The molecule has 2 N–H and O–H groups in total. The monoisotopic (exact) mass is 418 g/mol. The summed E-state index contributed by atoms with van der Waals surface area (Å²) in [5, 5.41) is 14.6. The SMILES string of the molecule is N#Cc1c(NC(=O)CCN2CCCCC2c2cc3ccccc3[nH]2)sc2c1CCC2. The first-order chi connectivity index (χ1) is 14.7. The number of likely N-dealkylation sites (tertiary alicyclic amines) is 1. The highest BCUT2D eigenvalue weighted by Gasteiger charge is 2.27. The first-order valence-electron chi connectivity index (χ1n) is 10.9. The number of aromatic nitrogens is 1. The predicted octanol–water partition coefficient (Wildman–Crippen LogP) is 5.15. The molecule has 2 aliphatic rings. The van der Waals surface area contributed by atoms with Crippen molar-refractivity contribution in [1.82, 2.24) is 9.88 Å². The number of fused-ring (bicyclic) bond motifs is 2. The average Bonchev–Trinajstić information content (AvgIpc) is 3.46. The van der Waals surface area contributed by atoms with Crippen LogP contribution in [0.4, 0.5) is 5.00 Å². The summed E-state index contributed by atoms with van der Waals surface area (Å²) >= 11 is 1.59. The third-order valence-electron chi connectivity index (χ3n) is 6.44. The number of carbonyl (C=O) groups is 1. The minimum Gasteiger partial charge on any atom is -0.357 e. The Labute approximate surface area is 180 Å². The highest BCUT2D eigenvalue weighted by Crippen LogP contribution is 2.38. The van der Waals surface area contributed by atoms with Crippen molar-refractivity contribution in [3.05, 3.63) is 52.0 Å². The van der Waals surface area contributed by atoms with Gasteiger partial charge in [0.25, 0.3) is 0 Å². The molecule has 5 nitrogen and oxygen atoms in total. The van der Waals surface area contributed by atoms with Crippen LogP contribution < -0.4 is 5.32 Å². The Kier molecular flexibility index (Phi) is 5.32. The molecule has 1 aliphatic heterocycles. The van der Waals surface area contributed by atoms with Crippen LogP contribution in [0.15, 0.2) is 30.3 Å². The quantitative estimate of drug-likeness (QED) is 0.602. The molecule has 0 saturated carbocycles. The number of nitriles is 1. The molecule has 1 aliphatic carbocycles. The molecular formula is C24H26N4OS. The number of rotatable bonds is 5. The lowest BCUT2D eigenvalue weighted by Crippen LogP contribution is -2.35. The summed E-state index contributed by atoms with van der Waals surface area (Å²) < 4.78 is 0. The molecule has 154 valence electrons. The highest BCUT2D eigenvalue weighted by molar-refractivity contribution is 7.16. The normalized spacial score (nSPS) is 19.0. The molecule has 1 atom stereocenters. The molecule has 30 heavy (non-hydrogen) atoms. The molecule has 6 heteroatoms. The molecule has 5 rings (SSSR count). The van der Waals surface area contributed by atoms with Gasteiger partial charge in [0, 0.05) is 35.1 Å². The van der Waals surface area contributed by atoms with Gasteiger partial charge in [0.05, 0.1) is 5.56 Å². The number of nitrogens with zero attached hydrogens (tertiary/aromatic N) is 2. The highest BCUT2D eigenvalue weighted by atomic mass is 32.1. The molecule has 1 amide bonds. The second-order valence-electron chi connectivity index (χ2n) is 8.33. The fourth-order valence-electron chi connectivity index (χ4n) is 4.93. The van der Waals surface area contributed by atoms with Crippen LogP contribution in [0.1, 0.15) is 59.8 Å². The molecule has 1 aromatic carbocycles. The van der Waals surface area contributed by atoms with E-state index in [9.17, 15) is 10.1 Å². The maximum Gasteiger partial charge on any atom is 0.226 e. The van der Waals surface area contributed by atoms with E-state index < -0.39 is 0 Å². The van der Waals surface area contributed by atoms with Crippen LogP contribution >= 0.6 is 11.3 Å². The summed E-state index contributed by atoms with van der Waals surface area (Å²) in [6.45, 7) is 1.75. The van der Waals surface area contributed by atoms with E-state index >= 15 is 0 Å². The van der Waals surface area contributed by atoms with Crippen LogP contribution in [-0.2, 0) is 17.6 Å². The fourth-order valence-corrected chi connectivity index (χ4v) is 6.19. The van der Waals surface area contributed by atoms with E-state index in [0.29, 0.717) is 18.0 Å². The van der Waals surface area contributed by atoms with Crippen molar-refractivity contribution in [1.29, 1.82) is 5.26 Å². The van der Waals surface area contributed by atoms with Gasteiger partial charge in [0.1, 0.15) is 11.1 Å². The number of thiophene rings is 1. The standard InChI is InChI=1S/C24H26N4OS/c25-15-18-17-7-5-10-22(17)30-24(18)27-23(29)11-13-28-12-4-3-9-21(28)20-14-16-6-1-2-8-19(16)26-20/h1-2,6,8,14,21,26H,3-5,7,9-13H2,(H,27,29). The number of aryl methyl sites for hydroxylation is 1. The Hall–Kier alpha value is -2.62. The lowest BCUT2D eigenvalue weighted by Gasteiger charge is -2.35. The predicted molar refractivity (Wildman–Crippen MR) is 121 cm³/mol. The fraction of sp³-hybridized carbons (Fsp3) is 0.417. The number of hydrogen-bond donors (Lipinski definition) is 2. The smallest absolute Gasteiger partial charge is 0.226 e. The van der Waals surface area contributed by atoms with Crippen molar-refractivity contribution >= 4 is 33.1 Å². The number of aromatic amines is 1. The van der Waals surface area contributed by atoms with Crippen molar-refractivity contribution in [2.75, 3.05) is 18.4 Å². The first kappa shape index (κ1) is 19.3. The minimum absolute atomic E-state index is 0.00685. The van der Waals surface area contributed by atoms with Crippen LogP contribution in [0.2, 0.25) is 0 Å². The summed E-state index contributed by atoms with van der Waals surface area (Å²) in [4.78, 5) is 20.0. The third kappa shape index (κ3) is 3.64. The van der Waals surface area contributed by atoms with Crippen LogP contribution in [0, 0.1) is 11.3 Å². The Morgan fingerprint density at radius 3 is 3.03 bits per heavy atom. The number of benzene rings is 1. The number of nitrogens with one attached hydrogen (secondary N) is 2. The molecule has 0 spiro atoms. The van der Waals surface area contributed by atoms with Gasteiger partial charge in [-0.1, -0.05) is 24.6 Å². The van der Waals surface area contributed by atoms with E-state index in [0.717, 1.165) is 49.3 Å². The van der Waals surface area contributed by atoms with E-state index in [-0.39, 0.29) is 5.91 Å². The van der Waals surface area contributed by atoms with Crippen LogP contribution in [0.5, 0.6) is 0 Å². The van der Waals surface area contributed by atoms with E-state index in [1.54, 1.807) is 11.3 Å². The van der Waals surface area contributed by atoms with Crippen molar-refractivity contribution in [3.8, 4) is 6.07 Å². The molecule has 0 radical (unpaired) electrons. The Balaban J connectivity index is 1.25. The number of carbonyl (C=O) groups excluding carboxylic acids is 1. The van der Waals surface area contributed by atoms with Crippen LogP contribution in [0.25, 0.3) is 10.9 Å². The zero-order valence-electron chi connectivity index (χ0n) is 17.0. The lowest BCUT2D eigenvalue weighted by atomic mass is 9.99. The van der Waals surface area contributed by atoms with Crippen molar-refractivity contribution in [2.45, 2.75) is 51.0 Å². The maximum atomic E-state index is 12.7. The topological polar surface area (TPSA) is 71.9 Å². The zero-order valence-corrected chi connectivity index (χ0v) is 17.9. The zero-order chi connectivity index (χ0) is 20.5. The van der Waals surface area contributed by atoms with Gasteiger partial charge in [0.2, 0.25) is 5.91 Å². The molecule has 3 aromatic rings. The van der Waals surface area contributed by atoms with Gasteiger partial charge >= 0.3 is 0 Å². The minimum atomic E-state index is 0.00685. The van der Waals surface area contributed by atoms with E-state index in [2.05, 4.69) is 51.6 Å². The number of anilines is 1. The second-order valence-corrected chi connectivity index (χ2v) is 9.44. The van der Waals surface area contributed by atoms with Gasteiger partial charge in [-0.2, -0.15) is 5.26 Å². The molecule has 1 saturated heterocycles. The van der Waals surface area contributed by atoms with Gasteiger partial charge in [-0.15, -0.1) is 11.3 Å². The Bertz CT molecular complexity index is 1090. The van der Waals surface area contributed by atoms with Crippen molar-refractivity contribution < 1.29 is 4.79 Å². The van der Waals surface area contributed by atoms with Gasteiger partial charge in [-0.05, 0) is 61.7 Å². The molecule has 1 unspecified atom stereocenters. The Morgan fingerprint density at radius 2 is 2.17 bits per heavy atom. The van der Waals surface area contributed by atoms with Crippen LogP contribution in [0.3, 0.4) is 0 Å². The number of hydrogen-bond acceptors (Lipinski definition) is 4. The Morgan fingerprint density at radius 1 is 1.27 bits per heavy atom. The number of H-pyrrole nitrogens is 1. The van der Waals surface area contributed by atoms with Gasteiger partial charge in [-0.25, -0.2) is 0 Å². The molecular weight excluding hydrogens is 392 g/mol. The van der Waals surface area contributed by atoms with E-state index in [1.807, 2.05) is 0 Å². The third-order valence-corrected chi connectivity index (χ3v) is 7.64. The van der Waals surface area contributed by atoms with E-state index in [1.165, 1.54) is 34.3 Å². The first-order valence-corrected chi connectivity index (χ1v) is 11.7. The second kappa shape index (κ2) is 8.25. The van der Waals surface area contributed by atoms with Crippen molar-refractivity contribution in [2.24, 2.45) is 0 Å². The number of amides is 1. The molecule has 0 bridgehead atoms. The molecule has 1 fully saturated rings. The van der Waals surface area contributed by atoms with Gasteiger partial charge < -0.3 is 10.3 Å². The summed E-state index contributed by atoms with van der Waals surface area (Å²) in [6.07, 6.45) is 7.07. The molecule has 3 heterocycles. The largest absolute Gasteiger partial charge is 0.357 e. The summed E-state index contributed by atoms with van der Waals surface area (Å²) in [7, 11) is 0. The van der Waals surface area contributed by atoms with Crippen molar-refractivity contribution in [3.63, 3.8) is 0 Å². The summed E-state index contributed by atoms with van der Waals surface area (Å²) in [5.41, 5.74) is 4.27. The molecule has 2 aromatic heterocycles. The number of piperidine rings is 1. The van der Waals surface area contributed by atoms with Gasteiger partial charge in [0.15, 0.2) is 0 Å². The average molecular weight is 419 g/mol. The number of para-hydroxylation sites is 1. The summed E-state index contributed by atoms with van der Waals surface area (Å²) in [5.74, 6) is 0.00685. The van der Waals surface area contributed by atoms with Gasteiger partial charge in [-0.3, -0.25) is 9.69 Å². The van der Waals surface area contributed by atoms with E-state index in [4.69, 9.17) is 0 Å². The summed E-state index contributed by atoms with van der Waals surface area (Å²) in [6, 6.07) is 13.3. The maximum absolute atomic E-state index is 12.7.